The topological polar surface area (TPSA) is 60.0 Å². The number of rotatable bonds is 5. The number of imidazole rings is 1. The van der Waals surface area contributed by atoms with E-state index in [0.29, 0.717) is 22.3 Å². The summed E-state index contributed by atoms with van der Waals surface area (Å²) in [5, 5.41) is 0.447. The van der Waals surface area contributed by atoms with Crippen molar-refractivity contribution in [3.63, 3.8) is 0 Å². The zero-order chi connectivity index (χ0) is 20.5. The van der Waals surface area contributed by atoms with Gasteiger partial charge in [-0.15, -0.1) is 0 Å². The Morgan fingerprint density at radius 2 is 1.96 bits per heavy atom. The number of methoxy groups -OCH3 is 1. The van der Waals surface area contributed by atoms with Gasteiger partial charge in [-0.3, -0.25) is 4.98 Å². The van der Waals surface area contributed by atoms with Crippen molar-refractivity contribution >= 4 is 11.6 Å². The Kier molecular flexibility index (Phi) is 5.61. The minimum atomic E-state index is -0.387. The molecule has 0 fully saturated rings. The van der Waals surface area contributed by atoms with Crippen LogP contribution in [-0.4, -0.2) is 22.1 Å². The van der Waals surface area contributed by atoms with Crippen molar-refractivity contribution in [2.75, 3.05) is 7.11 Å². The van der Waals surface area contributed by atoms with E-state index >= 15 is 0 Å². The number of aromatic nitrogens is 3. The Morgan fingerprint density at radius 3 is 2.57 bits per heavy atom. The van der Waals surface area contributed by atoms with Gasteiger partial charge in [-0.1, -0.05) is 32.4 Å². The lowest BCUT2D eigenvalue weighted by molar-refractivity contribution is 0.292. The normalized spacial score (nSPS) is 11.5. The van der Waals surface area contributed by atoms with Crippen LogP contribution in [0.25, 0.3) is 11.3 Å². The molecule has 28 heavy (non-hydrogen) atoms. The van der Waals surface area contributed by atoms with Gasteiger partial charge in [0.15, 0.2) is 0 Å². The summed E-state index contributed by atoms with van der Waals surface area (Å²) in [7, 11) is 1.56. The van der Waals surface area contributed by atoms with E-state index in [1.165, 1.54) is 6.07 Å². The average Bonchev–Trinajstić information content (AvgIpc) is 3.02. The molecular formula is C21H23ClFN3O2. The van der Waals surface area contributed by atoms with E-state index in [1.807, 2.05) is 6.07 Å². The Labute approximate surface area is 168 Å². The van der Waals surface area contributed by atoms with Crippen LogP contribution in [-0.2, 0) is 12.0 Å². The van der Waals surface area contributed by atoms with Gasteiger partial charge in [0, 0.05) is 23.2 Å². The second-order valence-corrected chi connectivity index (χ2v) is 7.97. The number of H-pyrrole nitrogens is 1. The van der Waals surface area contributed by atoms with E-state index in [2.05, 4.69) is 35.7 Å². The summed E-state index contributed by atoms with van der Waals surface area (Å²) < 4.78 is 25.1. The maximum absolute atomic E-state index is 13.9. The SMILES string of the molecule is COc1cc(OCc2ncc(C)cc2F)ccc1-c1nc(C(C)(C)C)[nH]c1Cl. The number of benzene rings is 1. The zero-order valence-corrected chi connectivity index (χ0v) is 17.3. The van der Waals surface area contributed by atoms with Gasteiger partial charge >= 0.3 is 0 Å². The van der Waals surface area contributed by atoms with Gasteiger partial charge in [0.2, 0.25) is 0 Å². The first-order valence-corrected chi connectivity index (χ1v) is 9.25. The lowest BCUT2D eigenvalue weighted by atomic mass is 9.96. The third kappa shape index (κ3) is 4.28. The maximum atomic E-state index is 13.9. The van der Waals surface area contributed by atoms with Crippen molar-refractivity contribution in [2.24, 2.45) is 0 Å². The molecule has 0 bridgehead atoms. The number of aryl methyl sites for hydroxylation is 1. The number of ether oxygens (including phenoxy) is 2. The molecular weight excluding hydrogens is 381 g/mol. The third-order valence-electron chi connectivity index (χ3n) is 4.23. The minimum absolute atomic E-state index is 0.0198. The number of nitrogens with one attached hydrogen (secondary N) is 1. The van der Waals surface area contributed by atoms with Crippen LogP contribution in [0.5, 0.6) is 11.5 Å². The third-order valence-corrected chi connectivity index (χ3v) is 4.50. The predicted molar refractivity (Wildman–Crippen MR) is 108 cm³/mol. The van der Waals surface area contributed by atoms with Crippen LogP contribution in [0.3, 0.4) is 0 Å². The Morgan fingerprint density at radius 1 is 1.21 bits per heavy atom. The van der Waals surface area contributed by atoms with Crippen molar-refractivity contribution in [3.05, 3.63) is 58.5 Å². The molecule has 0 spiro atoms. The molecule has 0 aliphatic rings. The lowest BCUT2D eigenvalue weighted by Crippen LogP contribution is -2.13. The smallest absolute Gasteiger partial charge is 0.148 e. The Bertz CT molecular complexity index is 996. The van der Waals surface area contributed by atoms with Crippen LogP contribution in [0.1, 0.15) is 37.9 Å². The fraction of sp³-hybridized carbons (Fsp3) is 0.333. The Balaban J connectivity index is 1.86. The molecule has 1 aromatic carbocycles. The summed E-state index contributed by atoms with van der Waals surface area (Å²) in [5.41, 5.74) is 2.20. The zero-order valence-electron chi connectivity index (χ0n) is 16.6. The van der Waals surface area contributed by atoms with Crippen LogP contribution in [0.4, 0.5) is 4.39 Å². The van der Waals surface area contributed by atoms with Crippen LogP contribution in [0.15, 0.2) is 30.5 Å². The fourth-order valence-electron chi connectivity index (χ4n) is 2.66. The van der Waals surface area contributed by atoms with Crippen molar-refractivity contribution in [1.29, 1.82) is 0 Å². The van der Waals surface area contributed by atoms with Crippen LogP contribution < -0.4 is 9.47 Å². The number of halogens is 2. The molecule has 148 valence electrons. The summed E-state index contributed by atoms with van der Waals surface area (Å²) in [6.45, 7) is 7.97. The second kappa shape index (κ2) is 7.80. The average molecular weight is 404 g/mol. The molecule has 0 radical (unpaired) electrons. The van der Waals surface area contributed by atoms with E-state index in [1.54, 1.807) is 32.4 Å². The van der Waals surface area contributed by atoms with E-state index in [4.69, 9.17) is 21.1 Å². The molecule has 0 unspecified atom stereocenters. The second-order valence-electron chi connectivity index (χ2n) is 7.59. The molecule has 3 aromatic rings. The highest BCUT2D eigenvalue weighted by molar-refractivity contribution is 6.32. The summed E-state index contributed by atoms with van der Waals surface area (Å²) in [6, 6.07) is 6.75. The minimum Gasteiger partial charge on any atom is -0.496 e. The van der Waals surface area contributed by atoms with Crippen molar-refractivity contribution in [1.82, 2.24) is 15.0 Å². The molecule has 3 rings (SSSR count). The molecule has 0 saturated heterocycles. The number of hydrogen-bond donors (Lipinski definition) is 1. The first-order chi connectivity index (χ1) is 13.2. The van der Waals surface area contributed by atoms with Crippen LogP contribution >= 0.6 is 11.6 Å². The summed E-state index contributed by atoms with van der Waals surface area (Å²) in [6.07, 6.45) is 1.61. The number of nitrogens with zero attached hydrogens (tertiary/aromatic N) is 2. The number of aromatic amines is 1. The standard InChI is InChI=1S/C21H23ClFN3O2/c1-12-8-15(23)16(24-10-12)11-28-13-6-7-14(17(9-13)27-5)18-19(22)26-20(25-18)21(2,3)4/h6-10H,11H2,1-5H3,(H,25,26). The van der Waals surface area contributed by atoms with Crippen molar-refractivity contribution < 1.29 is 13.9 Å². The van der Waals surface area contributed by atoms with Gasteiger partial charge in [-0.25, -0.2) is 9.37 Å². The molecule has 1 N–H and O–H groups in total. The van der Waals surface area contributed by atoms with E-state index in [0.717, 1.165) is 17.0 Å². The van der Waals surface area contributed by atoms with Crippen molar-refractivity contribution in [2.45, 2.75) is 39.7 Å². The molecule has 0 atom stereocenters. The molecule has 0 aliphatic heterocycles. The molecule has 2 heterocycles. The fourth-order valence-corrected chi connectivity index (χ4v) is 2.90. The Hall–Kier alpha value is -2.60. The highest BCUT2D eigenvalue weighted by Gasteiger charge is 2.22. The van der Waals surface area contributed by atoms with Crippen LogP contribution in [0.2, 0.25) is 5.15 Å². The van der Waals surface area contributed by atoms with Gasteiger partial charge in [0.25, 0.3) is 0 Å². The highest BCUT2D eigenvalue weighted by Crippen LogP contribution is 2.37. The first kappa shape index (κ1) is 20.1. The maximum Gasteiger partial charge on any atom is 0.148 e. The first-order valence-electron chi connectivity index (χ1n) is 8.87. The number of pyridine rings is 1. The largest absolute Gasteiger partial charge is 0.496 e. The van der Waals surface area contributed by atoms with Gasteiger partial charge in [-0.05, 0) is 30.7 Å². The van der Waals surface area contributed by atoms with Gasteiger partial charge in [0.1, 0.15) is 46.3 Å². The van der Waals surface area contributed by atoms with E-state index in [-0.39, 0.29) is 23.5 Å². The summed E-state index contributed by atoms with van der Waals surface area (Å²) in [5.74, 6) is 1.49. The van der Waals surface area contributed by atoms with E-state index in [9.17, 15) is 4.39 Å². The van der Waals surface area contributed by atoms with Crippen LogP contribution in [0, 0.1) is 12.7 Å². The van der Waals surface area contributed by atoms with Gasteiger partial charge in [-0.2, -0.15) is 0 Å². The number of hydrogen-bond acceptors (Lipinski definition) is 4. The molecule has 5 nitrogen and oxygen atoms in total. The molecule has 0 amide bonds. The summed E-state index contributed by atoms with van der Waals surface area (Å²) in [4.78, 5) is 11.8. The van der Waals surface area contributed by atoms with E-state index < -0.39 is 0 Å². The predicted octanol–water partition coefficient (Wildman–Crippen LogP) is 5.46. The quantitative estimate of drug-likeness (QED) is 0.614. The van der Waals surface area contributed by atoms with Crippen molar-refractivity contribution in [3.8, 4) is 22.8 Å². The van der Waals surface area contributed by atoms with Gasteiger partial charge < -0.3 is 14.5 Å². The molecule has 7 heteroatoms. The molecule has 2 aromatic heterocycles. The lowest BCUT2D eigenvalue weighted by Gasteiger charge is -2.14. The molecule has 0 aliphatic carbocycles. The highest BCUT2D eigenvalue weighted by atomic mass is 35.5. The van der Waals surface area contributed by atoms with Gasteiger partial charge in [0.05, 0.1) is 7.11 Å². The summed E-state index contributed by atoms with van der Waals surface area (Å²) >= 11 is 6.37. The monoisotopic (exact) mass is 403 g/mol. The molecule has 0 saturated carbocycles.